The van der Waals surface area contributed by atoms with Gasteiger partial charge >= 0.3 is 5.97 Å². The number of hydrogen-bond donors (Lipinski definition) is 0. The molecule has 5 rings (SSSR count). The van der Waals surface area contributed by atoms with Crippen LogP contribution in [-0.4, -0.2) is 24.1 Å². The van der Waals surface area contributed by atoms with Crippen molar-refractivity contribution in [1.29, 1.82) is 0 Å². The summed E-state index contributed by atoms with van der Waals surface area (Å²) < 4.78 is 52.8. The average Bonchev–Trinajstić information content (AvgIpc) is 3.56. The van der Waals surface area contributed by atoms with Gasteiger partial charge in [0, 0.05) is 49.0 Å². The Hall–Kier alpha value is -4.63. The van der Waals surface area contributed by atoms with Crippen molar-refractivity contribution in [2.75, 3.05) is 18.1 Å². The van der Waals surface area contributed by atoms with Crippen LogP contribution >= 0.6 is 11.3 Å². The van der Waals surface area contributed by atoms with E-state index in [1.165, 1.54) is 35.1 Å². The van der Waals surface area contributed by atoms with Crippen molar-refractivity contribution in [1.82, 2.24) is 4.98 Å². The van der Waals surface area contributed by atoms with Crippen molar-refractivity contribution in [3.8, 4) is 17.0 Å². The minimum atomic E-state index is -2.89. The van der Waals surface area contributed by atoms with Gasteiger partial charge in [0.25, 0.3) is 5.92 Å². The molecule has 0 saturated heterocycles. The fourth-order valence-corrected chi connectivity index (χ4v) is 5.91. The van der Waals surface area contributed by atoms with Gasteiger partial charge in [-0.15, -0.1) is 11.3 Å². The molecule has 0 saturated carbocycles. The van der Waals surface area contributed by atoms with Gasteiger partial charge in [-0.2, -0.15) is 0 Å². The van der Waals surface area contributed by atoms with Crippen molar-refractivity contribution in [2.45, 2.75) is 52.2 Å². The summed E-state index contributed by atoms with van der Waals surface area (Å²) >= 11 is 1.53. The highest BCUT2D eigenvalue weighted by atomic mass is 32.1. The van der Waals surface area contributed by atoms with Gasteiger partial charge in [0.05, 0.1) is 12.3 Å². The summed E-state index contributed by atoms with van der Waals surface area (Å²) in [5.41, 5.74) is 5.21. The minimum absolute atomic E-state index is 0.0251. The first kappa shape index (κ1) is 33.7. The molecule has 1 aromatic heterocycles. The molecule has 1 heterocycles. The molecule has 0 spiro atoms. The summed E-state index contributed by atoms with van der Waals surface area (Å²) in [7, 11) is 0. The molecule has 0 unspecified atom stereocenters. The van der Waals surface area contributed by atoms with Crippen LogP contribution in [0.4, 0.5) is 18.3 Å². The molecule has 4 aromatic carbocycles. The van der Waals surface area contributed by atoms with Crippen molar-refractivity contribution < 1.29 is 27.4 Å². The number of thiazole rings is 1. The van der Waals surface area contributed by atoms with Gasteiger partial charge in [0.15, 0.2) is 5.13 Å². The minimum Gasteiger partial charge on any atom is -0.489 e. The Balaban J connectivity index is 1.23. The van der Waals surface area contributed by atoms with Gasteiger partial charge in [0.2, 0.25) is 0 Å². The first-order valence-corrected chi connectivity index (χ1v) is 16.4. The van der Waals surface area contributed by atoms with Crippen LogP contribution in [0, 0.1) is 5.82 Å². The number of aromatic nitrogens is 1. The maximum atomic E-state index is 14.6. The first-order chi connectivity index (χ1) is 22.7. The first-order valence-electron chi connectivity index (χ1n) is 15.6. The lowest BCUT2D eigenvalue weighted by atomic mass is 10.1. The maximum Gasteiger partial charge on any atom is 0.306 e. The Morgan fingerprint density at radius 1 is 0.894 bits per heavy atom. The van der Waals surface area contributed by atoms with E-state index in [2.05, 4.69) is 17.0 Å². The standard InChI is InChI=1S/C38H37F3N2O3S/c1-3-45-36(44)20-16-30-15-19-33(23-34(30)39)46-25-29-11-9-28(10-12-29)24-43(22-21-27-7-5-4-6-8-27)37-42-35(26-47-37)31-13-17-32(18-14-31)38(2,40)41/h4-15,17-19,23,26H,3,16,20-22,24-25H2,1-2H3. The van der Waals surface area contributed by atoms with E-state index in [-0.39, 0.29) is 31.0 Å². The predicted octanol–water partition coefficient (Wildman–Crippen LogP) is 9.38. The molecule has 0 fully saturated rings. The highest BCUT2D eigenvalue weighted by molar-refractivity contribution is 7.14. The highest BCUT2D eigenvalue weighted by Gasteiger charge is 2.24. The molecule has 9 heteroatoms. The third-order valence-electron chi connectivity index (χ3n) is 7.69. The summed E-state index contributed by atoms with van der Waals surface area (Å²) in [5, 5.41) is 2.81. The largest absolute Gasteiger partial charge is 0.489 e. The number of nitrogens with zero attached hydrogens (tertiary/aromatic N) is 2. The molecular formula is C38H37F3N2O3S. The van der Waals surface area contributed by atoms with Crippen molar-refractivity contribution in [2.24, 2.45) is 0 Å². The number of carbonyl (C=O) groups is 1. The number of rotatable bonds is 15. The summed E-state index contributed by atoms with van der Waals surface area (Å²) in [5.74, 6) is -3.24. The number of alkyl halides is 2. The zero-order valence-corrected chi connectivity index (χ0v) is 27.2. The quantitative estimate of drug-likeness (QED) is 0.105. The monoisotopic (exact) mass is 658 g/mol. The molecule has 0 aliphatic carbocycles. The molecule has 47 heavy (non-hydrogen) atoms. The third kappa shape index (κ3) is 9.68. The number of esters is 1. The SMILES string of the molecule is CCOC(=O)CCc1ccc(OCc2ccc(CN(CCc3ccccc3)c3nc(-c4ccc(C(C)(F)F)cc4)cs3)cc2)cc1F. The number of ether oxygens (including phenoxy) is 2. The number of halogens is 3. The number of benzene rings is 4. The van der Waals surface area contributed by atoms with Gasteiger partial charge in [-0.1, -0.05) is 84.9 Å². The van der Waals surface area contributed by atoms with Crippen LogP contribution < -0.4 is 9.64 Å². The molecule has 0 aliphatic heterocycles. The molecule has 0 radical (unpaired) electrons. The molecule has 5 aromatic rings. The zero-order valence-electron chi connectivity index (χ0n) is 26.4. The topological polar surface area (TPSA) is 51.7 Å². The van der Waals surface area contributed by atoms with E-state index >= 15 is 0 Å². The highest BCUT2D eigenvalue weighted by Crippen LogP contribution is 2.32. The average molecular weight is 659 g/mol. The second-order valence-corrected chi connectivity index (χ2v) is 12.1. The fraction of sp³-hybridized carbons (Fsp3) is 0.263. The van der Waals surface area contributed by atoms with Gasteiger partial charge in [0.1, 0.15) is 18.2 Å². The van der Waals surface area contributed by atoms with Crippen LogP contribution in [0.1, 0.15) is 48.1 Å². The van der Waals surface area contributed by atoms with Crippen LogP contribution in [0.5, 0.6) is 5.75 Å². The maximum absolute atomic E-state index is 14.6. The third-order valence-corrected chi connectivity index (χ3v) is 8.60. The lowest BCUT2D eigenvalue weighted by molar-refractivity contribution is -0.143. The lowest BCUT2D eigenvalue weighted by Crippen LogP contribution is -2.25. The number of carbonyl (C=O) groups excluding carboxylic acids is 1. The molecule has 5 nitrogen and oxygen atoms in total. The van der Waals surface area contributed by atoms with E-state index in [9.17, 15) is 18.0 Å². The van der Waals surface area contributed by atoms with Crippen LogP contribution in [0.15, 0.2) is 102 Å². The summed E-state index contributed by atoms with van der Waals surface area (Å²) in [6.45, 7) is 4.58. The number of aryl methyl sites for hydroxylation is 1. The number of anilines is 1. The van der Waals surface area contributed by atoms with Crippen LogP contribution in [0.25, 0.3) is 11.3 Å². The van der Waals surface area contributed by atoms with Crippen LogP contribution in [0.2, 0.25) is 0 Å². The predicted molar refractivity (Wildman–Crippen MR) is 180 cm³/mol. The molecule has 0 atom stereocenters. The Morgan fingerprint density at radius 3 is 2.30 bits per heavy atom. The van der Waals surface area contributed by atoms with Crippen LogP contribution in [0.3, 0.4) is 0 Å². The second kappa shape index (κ2) is 15.8. The zero-order chi connectivity index (χ0) is 33.2. The van der Waals surface area contributed by atoms with E-state index < -0.39 is 11.7 Å². The normalized spacial score (nSPS) is 11.3. The Morgan fingerprint density at radius 2 is 1.62 bits per heavy atom. The lowest BCUT2D eigenvalue weighted by Gasteiger charge is -2.22. The molecule has 244 valence electrons. The van der Waals surface area contributed by atoms with Gasteiger partial charge in [-0.05, 0) is 48.1 Å². The van der Waals surface area contributed by atoms with Crippen LogP contribution in [-0.2, 0) is 41.4 Å². The summed E-state index contributed by atoms with van der Waals surface area (Å²) in [4.78, 5) is 18.7. The Kier molecular flexibility index (Phi) is 11.3. The van der Waals surface area contributed by atoms with E-state index in [0.29, 0.717) is 24.5 Å². The summed E-state index contributed by atoms with van der Waals surface area (Å²) in [6.07, 6.45) is 1.23. The molecule has 0 aliphatic rings. The van der Waals surface area contributed by atoms with E-state index in [1.807, 2.05) is 47.8 Å². The van der Waals surface area contributed by atoms with Crippen molar-refractivity contribution in [3.63, 3.8) is 0 Å². The van der Waals surface area contributed by atoms with Gasteiger partial charge in [-0.3, -0.25) is 4.79 Å². The summed E-state index contributed by atoms with van der Waals surface area (Å²) in [6, 6.07) is 29.3. The molecular weight excluding hydrogens is 621 g/mol. The molecule has 0 bridgehead atoms. The van der Waals surface area contributed by atoms with E-state index in [1.54, 1.807) is 31.2 Å². The molecule has 0 N–H and O–H groups in total. The smallest absolute Gasteiger partial charge is 0.306 e. The van der Waals surface area contributed by atoms with Gasteiger partial charge in [-0.25, -0.2) is 18.2 Å². The Bertz CT molecular complexity index is 1740. The van der Waals surface area contributed by atoms with E-state index in [0.717, 1.165) is 47.4 Å². The Labute approximate surface area is 277 Å². The number of hydrogen-bond acceptors (Lipinski definition) is 6. The van der Waals surface area contributed by atoms with Gasteiger partial charge < -0.3 is 14.4 Å². The fourth-order valence-electron chi connectivity index (χ4n) is 5.05. The molecule has 0 amide bonds. The van der Waals surface area contributed by atoms with Crippen molar-refractivity contribution in [3.05, 3.63) is 136 Å². The van der Waals surface area contributed by atoms with E-state index in [4.69, 9.17) is 14.5 Å². The van der Waals surface area contributed by atoms with Crippen molar-refractivity contribution >= 4 is 22.4 Å². The second-order valence-electron chi connectivity index (χ2n) is 11.3.